The van der Waals surface area contributed by atoms with Crippen molar-refractivity contribution in [3.05, 3.63) is 17.7 Å². The molecule has 1 aromatic carbocycles. The lowest BCUT2D eigenvalue weighted by Crippen LogP contribution is -2.20. The molecule has 96 valence electrons. The van der Waals surface area contributed by atoms with Crippen molar-refractivity contribution in [1.82, 2.24) is 4.98 Å². The maximum atomic E-state index is 12.4. The fourth-order valence-corrected chi connectivity index (χ4v) is 2.51. The lowest BCUT2D eigenvalue weighted by atomic mass is 9.86. The maximum Gasteiger partial charge on any atom is 0.181 e. The molecule has 0 spiro atoms. The lowest BCUT2D eigenvalue weighted by Gasteiger charge is -2.17. The van der Waals surface area contributed by atoms with Gasteiger partial charge in [-0.05, 0) is 12.1 Å². The van der Waals surface area contributed by atoms with Crippen LogP contribution >= 0.6 is 11.3 Å². The Labute approximate surface area is 110 Å². The zero-order chi connectivity index (χ0) is 13.5. The highest BCUT2D eigenvalue weighted by molar-refractivity contribution is 7.22. The normalized spacial score (nSPS) is 11.8. The summed E-state index contributed by atoms with van der Waals surface area (Å²) in [6, 6.07) is 3.58. The Morgan fingerprint density at radius 3 is 2.61 bits per heavy atom. The smallest absolute Gasteiger partial charge is 0.181 e. The molecule has 2 N–H and O–H groups in total. The first-order chi connectivity index (χ1) is 8.32. The number of ether oxygens (including phenoxy) is 1. The van der Waals surface area contributed by atoms with E-state index in [1.165, 1.54) is 11.3 Å². The lowest BCUT2D eigenvalue weighted by molar-refractivity contribution is 0.0859. The third kappa shape index (κ3) is 2.18. The van der Waals surface area contributed by atoms with Crippen molar-refractivity contribution in [3.8, 4) is 5.75 Å². The molecule has 0 amide bonds. The highest BCUT2D eigenvalue weighted by atomic mass is 32.1. The van der Waals surface area contributed by atoms with Crippen LogP contribution in [0.3, 0.4) is 0 Å². The third-order valence-electron chi connectivity index (χ3n) is 2.65. The van der Waals surface area contributed by atoms with Crippen LogP contribution in [0.2, 0.25) is 0 Å². The second-order valence-corrected chi connectivity index (χ2v) is 6.22. The summed E-state index contributed by atoms with van der Waals surface area (Å²) < 4.78 is 6.10. The first-order valence-corrected chi connectivity index (χ1v) is 6.43. The highest BCUT2D eigenvalue weighted by Crippen LogP contribution is 2.34. The van der Waals surface area contributed by atoms with Gasteiger partial charge >= 0.3 is 0 Å². The Balaban J connectivity index is 2.71. The molecule has 1 heterocycles. The molecule has 0 aliphatic heterocycles. The highest BCUT2D eigenvalue weighted by Gasteiger charge is 2.26. The number of benzene rings is 1. The van der Waals surface area contributed by atoms with Crippen LogP contribution in [0.5, 0.6) is 5.75 Å². The van der Waals surface area contributed by atoms with Gasteiger partial charge in [0.25, 0.3) is 0 Å². The summed E-state index contributed by atoms with van der Waals surface area (Å²) >= 11 is 1.36. The van der Waals surface area contributed by atoms with Crippen LogP contribution in [0.4, 0.5) is 5.13 Å². The molecule has 4 nitrogen and oxygen atoms in total. The molecule has 2 aromatic rings. The predicted octanol–water partition coefficient (Wildman–Crippen LogP) is 3.12. The number of carbonyl (C=O) groups is 1. The molecule has 0 aliphatic carbocycles. The molecule has 18 heavy (non-hydrogen) atoms. The van der Waals surface area contributed by atoms with E-state index in [1.54, 1.807) is 13.2 Å². The van der Waals surface area contributed by atoms with Crippen LogP contribution in [-0.2, 0) is 0 Å². The molecule has 0 bridgehead atoms. The number of carbonyl (C=O) groups excluding carboxylic acids is 1. The third-order valence-corrected chi connectivity index (χ3v) is 3.48. The van der Waals surface area contributed by atoms with E-state index in [0.717, 1.165) is 4.70 Å². The van der Waals surface area contributed by atoms with Crippen molar-refractivity contribution in [1.29, 1.82) is 0 Å². The second-order valence-electron chi connectivity index (χ2n) is 5.15. The minimum absolute atomic E-state index is 0.0386. The van der Waals surface area contributed by atoms with Gasteiger partial charge in [-0.2, -0.15) is 0 Å². The molecule has 5 heteroatoms. The number of fused-ring (bicyclic) bond motifs is 1. The SMILES string of the molecule is COc1cc(C(=O)C(C)(C)C)c2nc(N)sc2c1. The Kier molecular flexibility index (Phi) is 3.02. The number of anilines is 1. The van der Waals surface area contributed by atoms with Gasteiger partial charge in [0.2, 0.25) is 0 Å². The molecular formula is C13H16N2O2S. The van der Waals surface area contributed by atoms with E-state index in [4.69, 9.17) is 10.5 Å². The van der Waals surface area contributed by atoms with Crippen LogP contribution in [0.1, 0.15) is 31.1 Å². The average Bonchev–Trinajstić information content (AvgIpc) is 2.65. The number of ketones is 1. The molecule has 1 aromatic heterocycles. The van der Waals surface area contributed by atoms with Gasteiger partial charge in [-0.15, -0.1) is 0 Å². The summed E-state index contributed by atoms with van der Waals surface area (Å²) in [6.45, 7) is 5.66. The Bertz CT molecular complexity index is 611. The minimum Gasteiger partial charge on any atom is -0.497 e. The van der Waals surface area contributed by atoms with E-state index in [2.05, 4.69) is 4.98 Å². The Morgan fingerprint density at radius 2 is 2.06 bits per heavy atom. The van der Waals surface area contributed by atoms with Crippen LogP contribution in [0.15, 0.2) is 12.1 Å². The number of aromatic nitrogens is 1. The van der Waals surface area contributed by atoms with E-state index in [0.29, 0.717) is 22.0 Å². The summed E-state index contributed by atoms with van der Waals surface area (Å²) in [5, 5.41) is 0.459. The van der Waals surface area contributed by atoms with Crippen molar-refractivity contribution in [2.75, 3.05) is 12.8 Å². The Hall–Kier alpha value is -1.62. The molecule has 0 aliphatic rings. The van der Waals surface area contributed by atoms with Crippen molar-refractivity contribution >= 4 is 32.5 Å². The molecular weight excluding hydrogens is 248 g/mol. The number of rotatable bonds is 2. The molecule has 0 atom stereocenters. The minimum atomic E-state index is -0.461. The summed E-state index contributed by atoms with van der Waals surface area (Å²) in [5.74, 6) is 0.690. The summed E-state index contributed by atoms with van der Waals surface area (Å²) in [7, 11) is 1.58. The van der Waals surface area contributed by atoms with Gasteiger partial charge in [0.1, 0.15) is 5.75 Å². The van der Waals surface area contributed by atoms with Crippen molar-refractivity contribution in [2.45, 2.75) is 20.8 Å². The van der Waals surface area contributed by atoms with Crippen LogP contribution in [-0.4, -0.2) is 17.9 Å². The number of nitrogens with zero attached hydrogens (tertiary/aromatic N) is 1. The quantitative estimate of drug-likeness (QED) is 0.846. The fourth-order valence-electron chi connectivity index (χ4n) is 1.72. The monoisotopic (exact) mass is 264 g/mol. The van der Waals surface area contributed by atoms with E-state index < -0.39 is 5.41 Å². The van der Waals surface area contributed by atoms with Gasteiger partial charge in [0, 0.05) is 11.0 Å². The van der Waals surface area contributed by atoms with Crippen LogP contribution in [0, 0.1) is 5.41 Å². The first-order valence-electron chi connectivity index (χ1n) is 5.62. The van der Waals surface area contributed by atoms with Crippen LogP contribution in [0.25, 0.3) is 10.2 Å². The Morgan fingerprint density at radius 1 is 1.39 bits per heavy atom. The topological polar surface area (TPSA) is 65.2 Å². The van der Waals surface area contributed by atoms with Gasteiger partial charge in [-0.3, -0.25) is 4.79 Å². The summed E-state index contributed by atoms with van der Waals surface area (Å²) in [4.78, 5) is 16.7. The molecule has 0 fully saturated rings. The number of Topliss-reactive ketones (excluding diaryl/α,β-unsaturated/α-hetero) is 1. The molecule has 2 rings (SSSR count). The number of methoxy groups -OCH3 is 1. The van der Waals surface area contributed by atoms with Gasteiger partial charge in [-0.1, -0.05) is 32.1 Å². The summed E-state index contributed by atoms with van der Waals surface area (Å²) in [6.07, 6.45) is 0. The molecule has 0 saturated carbocycles. The molecule has 0 saturated heterocycles. The van der Waals surface area contributed by atoms with E-state index in [1.807, 2.05) is 26.8 Å². The van der Waals surface area contributed by atoms with Gasteiger partial charge < -0.3 is 10.5 Å². The van der Waals surface area contributed by atoms with Crippen molar-refractivity contribution < 1.29 is 9.53 Å². The van der Waals surface area contributed by atoms with Gasteiger partial charge in [-0.25, -0.2) is 4.98 Å². The zero-order valence-electron chi connectivity index (χ0n) is 10.9. The molecule has 0 radical (unpaired) electrons. The maximum absolute atomic E-state index is 12.4. The van der Waals surface area contributed by atoms with Crippen molar-refractivity contribution in [2.24, 2.45) is 5.41 Å². The number of nitrogens with two attached hydrogens (primary N) is 1. The zero-order valence-corrected chi connectivity index (χ0v) is 11.7. The number of hydrogen-bond donors (Lipinski definition) is 1. The standard InChI is InChI=1S/C13H16N2O2S/c1-13(2,3)11(16)8-5-7(17-4)6-9-10(8)15-12(14)18-9/h5-6H,1-4H3,(H2,14,15). The second kappa shape index (κ2) is 4.24. The van der Waals surface area contributed by atoms with E-state index in [-0.39, 0.29) is 5.78 Å². The van der Waals surface area contributed by atoms with Crippen LogP contribution < -0.4 is 10.5 Å². The van der Waals surface area contributed by atoms with Crippen molar-refractivity contribution in [3.63, 3.8) is 0 Å². The van der Waals surface area contributed by atoms with Gasteiger partial charge in [0.05, 0.1) is 17.3 Å². The number of nitrogen functional groups attached to an aromatic ring is 1. The average molecular weight is 264 g/mol. The number of hydrogen-bond acceptors (Lipinski definition) is 5. The predicted molar refractivity (Wildman–Crippen MR) is 74.4 cm³/mol. The first kappa shape index (κ1) is 12.8. The summed E-state index contributed by atoms with van der Waals surface area (Å²) in [5.41, 5.74) is 6.49. The van der Waals surface area contributed by atoms with E-state index in [9.17, 15) is 4.79 Å². The van der Waals surface area contributed by atoms with E-state index >= 15 is 0 Å². The van der Waals surface area contributed by atoms with Gasteiger partial charge in [0.15, 0.2) is 10.9 Å². The largest absolute Gasteiger partial charge is 0.497 e. The number of thiazole rings is 1. The fraction of sp³-hybridized carbons (Fsp3) is 0.385. The molecule has 0 unspecified atom stereocenters.